The highest BCUT2D eigenvalue weighted by atomic mass is 16.3. The Bertz CT molecular complexity index is 205. The van der Waals surface area contributed by atoms with E-state index >= 15 is 0 Å². The van der Waals surface area contributed by atoms with Gasteiger partial charge in [0.05, 0.1) is 18.3 Å². The molecule has 0 aromatic carbocycles. The van der Waals surface area contributed by atoms with Crippen molar-refractivity contribution in [1.29, 1.82) is 0 Å². The number of aromatic nitrogens is 2. The van der Waals surface area contributed by atoms with Gasteiger partial charge in [-0.2, -0.15) is 5.10 Å². The van der Waals surface area contributed by atoms with Gasteiger partial charge in [0.1, 0.15) is 0 Å². The van der Waals surface area contributed by atoms with Gasteiger partial charge in [-0.3, -0.25) is 4.68 Å². The summed E-state index contributed by atoms with van der Waals surface area (Å²) in [5.41, 5.74) is 0.987. The Kier molecular flexibility index (Phi) is 2.06. The van der Waals surface area contributed by atoms with Crippen LogP contribution in [0, 0.1) is 6.92 Å². The Balaban J connectivity index is 2.58. The minimum atomic E-state index is -0.320. The third-order valence-electron chi connectivity index (χ3n) is 1.23. The lowest BCUT2D eigenvalue weighted by Gasteiger charge is -2.02. The molecule has 1 N–H and O–H groups in total. The van der Waals surface area contributed by atoms with Crippen molar-refractivity contribution in [2.75, 3.05) is 0 Å². The van der Waals surface area contributed by atoms with E-state index < -0.39 is 0 Å². The van der Waals surface area contributed by atoms with Crippen LogP contribution in [-0.2, 0) is 6.54 Å². The number of hydrogen-bond acceptors (Lipinski definition) is 2. The molecule has 56 valence electrons. The van der Waals surface area contributed by atoms with Crippen LogP contribution in [-0.4, -0.2) is 21.0 Å². The van der Waals surface area contributed by atoms with Crippen molar-refractivity contribution in [3.63, 3.8) is 0 Å². The molecule has 3 nitrogen and oxygen atoms in total. The lowest BCUT2D eigenvalue weighted by Crippen LogP contribution is -2.11. The average Bonchev–Trinajstić information content (AvgIpc) is 2.13. The Morgan fingerprint density at radius 1 is 1.80 bits per heavy atom. The standard InChI is InChI=1S/C7H12N2O/c1-6-3-4-9(8-6)5-7(2)10/h3-4,7,10H,5H2,1-2H3. The van der Waals surface area contributed by atoms with Crippen LogP contribution in [0.3, 0.4) is 0 Å². The maximum absolute atomic E-state index is 8.95. The van der Waals surface area contributed by atoms with E-state index in [4.69, 9.17) is 5.11 Å². The second kappa shape index (κ2) is 2.84. The van der Waals surface area contributed by atoms with E-state index in [0.29, 0.717) is 6.54 Å². The third kappa shape index (κ3) is 1.84. The highest BCUT2D eigenvalue weighted by Crippen LogP contribution is 1.93. The van der Waals surface area contributed by atoms with Crippen LogP contribution in [0.2, 0.25) is 0 Å². The van der Waals surface area contributed by atoms with E-state index in [1.807, 2.05) is 19.2 Å². The first-order chi connectivity index (χ1) is 4.68. The van der Waals surface area contributed by atoms with Crippen molar-refractivity contribution in [3.8, 4) is 0 Å². The third-order valence-corrected chi connectivity index (χ3v) is 1.23. The normalized spacial score (nSPS) is 13.5. The summed E-state index contributed by atoms with van der Waals surface area (Å²) in [5.74, 6) is 0. The Hall–Kier alpha value is -0.830. The van der Waals surface area contributed by atoms with Gasteiger partial charge in [0, 0.05) is 6.20 Å². The maximum atomic E-state index is 8.95. The van der Waals surface area contributed by atoms with Crippen LogP contribution in [0.4, 0.5) is 0 Å². The van der Waals surface area contributed by atoms with Gasteiger partial charge in [0.25, 0.3) is 0 Å². The van der Waals surface area contributed by atoms with E-state index in [1.165, 1.54) is 0 Å². The molecule has 0 aliphatic carbocycles. The summed E-state index contributed by atoms with van der Waals surface area (Å²) in [6.45, 7) is 4.25. The van der Waals surface area contributed by atoms with E-state index in [-0.39, 0.29) is 6.10 Å². The summed E-state index contributed by atoms with van der Waals surface area (Å²) in [6, 6.07) is 1.92. The van der Waals surface area contributed by atoms with Gasteiger partial charge >= 0.3 is 0 Å². The van der Waals surface area contributed by atoms with Crippen LogP contribution in [0.5, 0.6) is 0 Å². The zero-order valence-electron chi connectivity index (χ0n) is 6.28. The fourth-order valence-electron chi connectivity index (χ4n) is 0.836. The lowest BCUT2D eigenvalue weighted by molar-refractivity contribution is 0.168. The highest BCUT2D eigenvalue weighted by molar-refractivity contribution is 4.94. The number of aliphatic hydroxyl groups is 1. The monoisotopic (exact) mass is 140 g/mol. The molecule has 0 amide bonds. The van der Waals surface area contributed by atoms with E-state index in [2.05, 4.69) is 5.10 Å². The molecule has 0 spiro atoms. The van der Waals surface area contributed by atoms with Gasteiger partial charge in [-0.25, -0.2) is 0 Å². The molecule has 0 fully saturated rings. The van der Waals surface area contributed by atoms with Gasteiger partial charge in [-0.1, -0.05) is 0 Å². The van der Waals surface area contributed by atoms with Gasteiger partial charge in [0.2, 0.25) is 0 Å². The van der Waals surface area contributed by atoms with Crippen molar-refractivity contribution in [2.45, 2.75) is 26.5 Å². The predicted octanol–water partition coefficient (Wildman–Crippen LogP) is 0.572. The summed E-state index contributed by atoms with van der Waals surface area (Å²) < 4.78 is 1.74. The van der Waals surface area contributed by atoms with Crippen LogP contribution < -0.4 is 0 Å². The molecule has 0 saturated heterocycles. The molecule has 0 aliphatic heterocycles. The molecule has 0 aliphatic rings. The number of hydrogen-bond donors (Lipinski definition) is 1. The molecular formula is C7H12N2O. The van der Waals surface area contributed by atoms with Crippen molar-refractivity contribution in [2.24, 2.45) is 0 Å². The number of aryl methyl sites for hydroxylation is 1. The topological polar surface area (TPSA) is 38.0 Å². The van der Waals surface area contributed by atoms with Gasteiger partial charge in [-0.15, -0.1) is 0 Å². The molecule has 0 radical (unpaired) electrons. The quantitative estimate of drug-likeness (QED) is 0.652. The molecule has 1 atom stereocenters. The number of nitrogens with zero attached hydrogens (tertiary/aromatic N) is 2. The zero-order chi connectivity index (χ0) is 7.56. The summed E-state index contributed by atoms with van der Waals surface area (Å²) in [5, 5.41) is 13.1. The molecule has 1 aromatic heterocycles. The zero-order valence-corrected chi connectivity index (χ0v) is 6.28. The first-order valence-corrected chi connectivity index (χ1v) is 3.36. The molecule has 3 heteroatoms. The summed E-state index contributed by atoms with van der Waals surface area (Å²) in [7, 11) is 0. The lowest BCUT2D eigenvalue weighted by atomic mass is 10.4. The molecule has 1 rings (SSSR count). The number of rotatable bonds is 2. The smallest absolute Gasteiger partial charge is 0.0708 e. The van der Waals surface area contributed by atoms with Crippen molar-refractivity contribution in [1.82, 2.24) is 9.78 Å². The summed E-state index contributed by atoms with van der Waals surface area (Å²) in [4.78, 5) is 0. The average molecular weight is 140 g/mol. The van der Waals surface area contributed by atoms with Crippen LogP contribution in [0.15, 0.2) is 12.3 Å². The SMILES string of the molecule is Cc1ccn(CC(C)O)n1. The Morgan fingerprint density at radius 3 is 2.90 bits per heavy atom. The van der Waals surface area contributed by atoms with Gasteiger partial charge < -0.3 is 5.11 Å². The van der Waals surface area contributed by atoms with Gasteiger partial charge in [-0.05, 0) is 19.9 Å². The second-order valence-corrected chi connectivity index (χ2v) is 2.53. The largest absolute Gasteiger partial charge is 0.391 e. The second-order valence-electron chi connectivity index (χ2n) is 2.53. The minimum Gasteiger partial charge on any atom is -0.391 e. The summed E-state index contributed by atoms with van der Waals surface area (Å²) in [6.07, 6.45) is 1.54. The molecule has 0 bridgehead atoms. The Labute approximate surface area is 60.3 Å². The highest BCUT2D eigenvalue weighted by Gasteiger charge is 1.97. The first kappa shape index (κ1) is 7.28. The molecular weight excluding hydrogens is 128 g/mol. The van der Waals surface area contributed by atoms with Crippen LogP contribution in [0.25, 0.3) is 0 Å². The Morgan fingerprint density at radius 2 is 2.50 bits per heavy atom. The van der Waals surface area contributed by atoms with Crippen molar-refractivity contribution >= 4 is 0 Å². The predicted molar refractivity (Wildman–Crippen MR) is 38.6 cm³/mol. The summed E-state index contributed by atoms with van der Waals surface area (Å²) >= 11 is 0. The van der Waals surface area contributed by atoms with Crippen LogP contribution >= 0.6 is 0 Å². The molecule has 0 saturated carbocycles. The molecule has 1 aromatic rings. The molecule has 10 heavy (non-hydrogen) atoms. The van der Waals surface area contributed by atoms with Crippen molar-refractivity contribution < 1.29 is 5.11 Å². The van der Waals surface area contributed by atoms with E-state index in [1.54, 1.807) is 11.6 Å². The molecule has 1 heterocycles. The van der Waals surface area contributed by atoms with E-state index in [9.17, 15) is 0 Å². The number of aliphatic hydroxyl groups excluding tert-OH is 1. The fourth-order valence-corrected chi connectivity index (χ4v) is 0.836. The fraction of sp³-hybridized carbons (Fsp3) is 0.571. The minimum absolute atomic E-state index is 0.320. The van der Waals surface area contributed by atoms with Crippen molar-refractivity contribution in [3.05, 3.63) is 18.0 Å². The van der Waals surface area contributed by atoms with E-state index in [0.717, 1.165) is 5.69 Å². The molecule has 1 unspecified atom stereocenters. The van der Waals surface area contributed by atoms with Crippen LogP contribution in [0.1, 0.15) is 12.6 Å². The first-order valence-electron chi connectivity index (χ1n) is 3.36. The van der Waals surface area contributed by atoms with Gasteiger partial charge in [0.15, 0.2) is 0 Å². The maximum Gasteiger partial charge on any atom is 0.0708 e.